The Morgan fingerprint density at radius 1 is 1.28 bits per heavy atom. The van der Waals surface area contributed by atoms with Crippen molar-refractivity contribution in [1.29, 1.82) is 0 Å². The number of rotatable bonds is 6. The Morgan fingerprint density at radius 3 is 2.72 bits per heavy atom. The zero-order chi connectivity index (χ0) is 18.3. The summed E-state index contributed by atoms with van der Waals surface area (Å²) in [7, 11) is 0. The van der Waals surface area contributed by atoms with Crippen LogP contribution in [0.2, 0.25) is 0 Å². The molecule has 1 aromatic carbocycles. The quantitative estimate of drug-likeness (QED) is 0.606. The van der Waals surface area contributed by atoms with Gasteiger partial charge in [0.05, 0.1) is 17.2 Å². The minimum atomic E-state index is -0.198. The van der Waals surface area contributed by atoms with Gasteiger partial charge in [-0.1, -0.05) is 32.9 Å². The molecule has 136 valence electrons. The van der Waals surface area contributed by atoms with Crippen molar-refractivity contribution >= 4 is 17.3 Å². The van der Waals surface area contributed by atoms with Crippen molar-refractivity contribution in [3.05, 3.63) is 51.7 Å². The molecule has 0 radical (unpaired) electrons. The molecule has 2 aromatic rings. The van der Waals surface area contributed by atoms with Crippen molar-refractivity contribution in [3.8, 4) is 0 Å². The lowest BCUT2D eigenvalue weighted by molar-refractivity contribution is 0.583. The molecule has 25 heavy (non-hydrogen) atoms. The Morgan fingerprint density at radius 2 is 2.08 bits per heavy atom. The van der Waals surface area contributed by atoms with E-state index in [-0.39, 0.29) is 11.2 Å². The van der Waals surface area contributed by atoms with Crippen LogP contribution in [0.15, 0.2) is 34.6 Å². The predicted molar refractivity (Wildman–Crippen MR) is 104 cm³/mol. The van der Waals surface area contributed by atoms with Crippen LogP contribution in [-0.2, 0) is 18.4 Å². The lowest BCUT2D eigenvalue weighted by Gasteiger charge is -2.13. The molecule has 1 aromatic heterocycles. The molecule has 0 saturated heterocycles. The zero-order valence-corrected chi connectivity index (χ0v) is 16.2. The number of benzene rings is 1. The lowest BCUT2D eigenvalue weighted by Crippen LogP contribution is -2.38. The molecule has 0 aliphatic rings. The van der Waals surface area contributed by atoms with Gasteiger partial charge >= 0.3 is 0 Å². The first-order valence-corrected chi connectivity index (χ1v) is 9.48. The van der Waals surface area contributed by atoms with Crippen molar-refractivity contribution in [1.82, 2.24) is 15.6 Å². The number of nitrogens with one attached hydrogen (secondary N) is 2. The molecule has 0 bridgehead atoms. The fourth-order valence-corrected chi connectivity index (χ4v) is 3.14. The number of guanidine groups is 1. The number of nitrogens with zero attached hydrogens (tertiary/aromatic N) is 2. The van der Waals surface area contributed by atoms with E-state index in [0.717, 1.165) is 35.2 Å². The van der Waals surface area contributed by atoms with Gasteiger partial charge in [-0.3, -0.25) is 0 Å². The van der Waals surface area contributed by atoms with Crippen molar-refractivity contribution in [2.24, 2.45) is 4.99 Å². The van der Waals surface area contributed by atoms with Gasteiger partial charge in [-0.15, -0.1) is 11.3 Å². The van der Waals surface area contributed by atoms with Crippen LogP contribution in [0.25, 0.3) is 0 Å². The molecule has 6 heteroatoms. The van der Waals surface area contributed by atoms with Crippen molar-refractivity contribution < 1.29 is 4.39 Å². The first kappa shape index (κ1) is 19.4. The van der Waals surface area contributed by atoms with E-state index in [1.54, 1.807) is 23.5 Å². The predicted octanol–water partition coefficient (Wildman–Crippen LogP) is 3.88. The maximum absolute atomic E-state index is 13.2. The molecule has 0 aliphatic heterocycles. The van der Waals surface area contributed by atoms with Crippen LogP contribution < -0.4 is 10.6 Å². The average Bonchev–Trinajstić information content (AvgIpc) is 3.02. The molecule has 0 unspecified atom stereocenters. The normalized spacial score (nSPS) is 12.3. The average molecular weight is 363 g/mol. The third-order valence-corrected chi connectivity index (χ3v) is 4.85. The molecule has 0 saturated carbocycles. The van der Waals surface area contributed by atoms with Gasteiger partial charge in [-0.25, -0.2) is 14.4 Å². The van der Waals surface area contributed by atoms with Gasteiger partial charge < -0.3 is 10.6 Å². The Labute approximate surface area is 153 Å². The Bertz CT molecular complexity index is 703. The topological polar surface area (TPSA) is 49.3 Å². The molecule has 0 fully saturated rings. The zero-order valence-electron chi connectivity index (χ0n) is 15.4. The van der Waals surface area contributed by atoms with Gasteiger partial charge in [0.1, 0.15) is 5.82 Å². The first-order chi connectivity index (χ1) is 11.9. The number of hydrogen-bond donors (Lipinski definition) is 2. The minimum Gasteiger partial charge on any atom is -0.357 e. The van der Waals surface area contributed by atoms with E-state index < -0.39 is 0 Å². The third kappa shape index (κ3) is 6.46. The molecule has 0 atom stereocenters. The van der Waals surface area contributed by atoms with E-state index in [0.29, 0.717) is 13.1 Å². The summed E-state index contributed by atoms with van der Waals surface area (Å²) in [6, 6.07) is 6.69. The summed E-state index contributed by atoms with van der Waals surface area (Å²) >= 11 is 1.68. The summed E-state index contributed by atoms with van der Waals surface area (Å²) in [5, 5.41) is 9.71. The van der Waals surface area contributed by atoms with Gasteiger partial charge in [0.25, 0.3) is 0 Å². The second-order valence-electron chi connectivity index (χ2n) is 6.90. The molecular weight excluding hydrogens is 335 g/mol. The summed E-state index contributed by atoms with van der Waals surface area (Å²) < 4.78 is 13.2. The number of aromatic nitrogens is 1. The van der Waals surface area contributed by atoms with E-state index in [1.807, 2.05) is 13.0 Å². The maximum atomic E-state index is 13.2. The number of halogens is 1. The van der Waals surface area contributed by atoms with Gasteiger partial charge in [0.2, 0.25) is 0 Å². The molecule has 2 N–H and O–H groups in total. The third-order valence-electron chi connectivity index (χ3n) is 3.53. The minimum absolute atomic E-state index is 0.0698. The van der Waals surface area contributed by atoms with Gasteiger partial charge in [-0.2, -0.15) is 0 Å². The highest BCUT2D eigenvalue weighted by molar-refractivity contribution is 7.09. The van der Waals surface area contributed by atoms with Crippen LogP contribution in [0.4, 0.5) is 4.39 Å². The van der Waals surface area contributed by atoms with Crippen LogP contribution in [0.5, 0.6) is 0 Å². The van der Waals surface area contributed by atoms with Crippen molar-refractivity contribution in [2.45, 2.75) is 46.1 Å². The largest absolute Gasteiger partial charge is 0.357 e. The number of thiazole rings is 1. The van der Waals surface area contributed by atoms with Crippen LogP contribution in [0.3, 0.4) is 0 Å². The van der Waals surface area contributed by atoms with Crippen molar-refractivity contribution in [3.63, 3.8) is 0 Å². The molecule has 1 heterocycles. The highest BCUT2D eigenvalue weighted by atomic mass is 32.1. The standard InChI is InChI=1S/C19H27FN4S/c1-5-21-18(22-10-9-14-7-6-8-15(20)11-14)23-12-16-13-25-17(24-16)19(2,3)4/h6-8,11,13H,5,9-10,12H2,1-4H3,(H2,21,22,23). The first-order valence-electron chi connectivity index (χ1n) is 8.60. The Hall–Kier alpha value is -1.95. The van der Waals surface area contributed by atoms with E-state index in [1.165, 1.54) is 6.07 Å². The molecule has 4 nitrogen and oxygen atoms in total. The number of aliphatic imine (C=N–C) groups is 1. The van der Waals surface area contributed by atoms with Crippen LogP contribution in [-0.4, -0.2) is 24.0 Å². The Balaban J connectivity index is 1.90. The maximum Gasteiger partial charge on any atom is 0.191 e. The summed E-state index contributed by atoms with van der Waals surface area (Å²) in [4.78, 5) is 9.26. The van der Waals surface area contributed by atoms with E-state index in [4.69, 9.17) is 0 Å². The van der Waals surface area contributed by atoms with Gasteiger partial charge in [0, 0.05) is 23.9 Å². The van der Waals surface area contributed by atoms with Crippen LogP contribution in [0.1, 0.15) is 44.0 Å². The highest BCUT2D eigenvalue weighted by Gasteiger charge is 2.17. The molecular formula is C19H27FN4S. The number of hydrogen-bond acceptors (Lipinski definition) is 3. The second-order valence-corrected chi connectivity index (χ2v) is 7.75. The fourth-order valence-electron chi connectivity index (χ4n) is 2.24. The highest BCUT2D eigenvalue weighted by Crippen LogP contribution is 2.25. The molecule has 0 amide bonds. The van der Waals surface area contributed by atoms with Crippen molar-refractivity contribution in [2.75, 3.05) is 13.1 Å². The van der Waals surface area contributed by atoms with E-state index >= 15 is 0 Å². The monoisotopic (exact) mass is 362 g/mol. The van der Waals surface area contributed by atoms with Crippen LogP contribution in [0, 0.1) is 5.82 Å². The molecule has 2 rings (SSSR count). The SMILES string of the molecule is CCNC(=NCc1csc(C(C)(C)C)n1)NCCc1cccc(F)c1. The Kier molecular flexibility index (Phi) is 6.93. The van der Waals surface area contributed by atoms with Gasteiger partial charge in [-0.05, 0) is 31.0 Å². The van der Waals surface area contributed by atoms with E-state index in [9.17, 15) is 4.39 Å². The second kappa shape index (κ2) is 8.94. The summed E-state index contributed by atoms with van der Waals surface area (Å²) in [6.45, 7) is 10.5. The molecule has 0 spiro atoms. The smallest absolute Gasteiger partial charge is 0.191 e. The lowest BCUT2D eigenvalue weighted by atomic mass is 9.98. The summed E-state index contributed by atoms with van der Waals surface area (Å²) in [6.07, 6.45) is 0.743. The van der Waals surface area contributed by atoms with E-state index in [2.05, 4.69) is 46.8 Å². The van der Waals surface area contributed by atoms with Crippen LogP contribution >= 0.6 is 11.3 Å². The van der Waals surface area contributed by atoms with Gasteiger partial charge in [0.15, 0.2) is 5.96 Å². The summed E-state index contributed by atoms with van der Waals surface area (Å²) in [5.41, 5.74) is 2.02. The molecule has 0 aliphatic carbocycles. The summed E-state index contributed by atoms with van der Waals surface area (Å²) in [5.74, 6) is 0.556. The fraction of sp³-hybridized carbons (Fsp3) is 0.474.